The van der Waals surface area contributed by atoms with E-state index in [1.54, 1.807) is 11.8 Å². The summed E-state index contributed by atoms with van der Waals surface area (Å²) < 4.78 is 2.77. The molecular weight excluding hydrogens is 360 g/mol. The summed E-state index contributed by atoms with van der Waals surface area (Å²) in [6.45, 7) is 2.13. The molecule has 0 aliphatic carbocycles. The highest BCUT2D eigenvalue weighted by atomic mass is 32.2. The van der Waals surface area contributed by atoms with Crippen molar-refractivity contribution in [1.29, 1.82) is 0 Å². The van der Waals surface area contributed by atoms with Crippen LogP contribution in [0.15, 0.2) is 69.3 Å². The van der Waals surface area contributed by atoms with Crippen molar-refractivity contribution in [2.45, 2.75) is 18.4 Å². The number of benzene rings is 2. The summed E-state index contributed by atoms with van der Waals surface area (Å²) in [6, 6.07) is 15.3. The van der Waals surface area contributed by atoms with Crippen molar-refractivity contribution in [2.75, 3.05) is 6.26 Å². The van der Waals surface area contributed by atoms with Crippen molar-refractivity contribution in [1.82, 2.24) is 19.1 Å². The first-order valence-electron chi connectivity index (χ1n) is 8.48. The Hall–Kier alpha value is -3.06. The van der Waals surface area contributed by atoms with Crippen LogP contribution in [0.25, 0.3) is 16.9 Å². The Morgan fingerprint density at radius 1 is 1.07 bits per heavy atom. The minimum atomic E-state index is -0.398. The van der Waals surface area contributed by atoms with Crippen LogP contribution in [0.2, 0.25) is 0 Å². The monoisotopic (exact) mass is 378 g/mol. The van der Waals surface area contributed by atoms with E-state index in [9.17, 15) is 9.59 Å². The molecular formula is C20H18N4O2S. The Bertz CT molecular complexity index is 1250. The maximum atomic E-state index is 13.3. The number of nitrogens with one attached hydrogen (secondary N) is 1. The van der Waals surface area contributed by atoms with E-state index in [-0.39, 0.29) is 12.1 Å². The van der Waals surface area contributed by atoms with Gasteiger partial charge in [-0.2, -0.15) is 0 Å². The first-order chi connectivity index (χ1) is 13.1. The highest BCUT2D eigenvalue weighted by Gasteiger charge is 2.18. The molecule has 6 nitrogen and oxygen atoms in total. The largest absolute Gasteiger partial charge is 0.339 e. The Morgan fingerprint density at radius 3 is 2.59 bits per heavy atom. The molecule has 0 saturated heterocycles. The maximum absolute atomic E-state index is 13.3. The number of para-hydroxylation sites is 1. The summed E-state index contributed by atoms with van der Waals surface area (Å²) in [5, 5.41) is 0. The third-order valence-electron chi connectivity index (χ3n) is 4.59. The van der Waals surface area contributed by atoms with Gasteiger partial charge in [-0.05, 0) is 36.4 Å². The lowest BCUT2D eigenvalue weighted by molar-refractivity contribution is 0.675. The first kappa shape index (κ1) is 17.4. The molecule has 0 unspecified atom stereocenters. The molecule has 1 N–H and O–H groups in total. The Labute approximate surface area is 159 Å². The third-order valence-corrected chi connectivity index (χ3v) is 5.43. The normalized spacial score (nSPS) is 11.2. The fourth-order valence-electron chi connectivity index (χ4n) is 3.22. The van der Waals surface area contributed by atoms with Gasteiger partial charge in [0.15, 0.2) is 5.65 Å². The molecule has 136 valence electrons. The van der Waals surface area contributed by atoms with E-state index in [0.717, 1.165) is 16.0 Å². The molecule has 2 aromatic carbocycles. The van der Waals surface area contributed by atoms with E-state index in [4.69, 9.17) is 0 Å². The SMILES string of the molecule is CSc1ccccc1Cn1c(=O)c2[nH]cnc2n(-c2ccccc2C)c1=O. The second kappa shape index (κ2) is 6.92. The predicted molar refractivity (Wildman–Crippen MR) is 108 cm³/mol. The number of hydrogen-bond acceptors (Lipinski definition) is 4. The average Bonchev–Trinajstić information content (AvgIpc) is 3.16. The number of aryl methyl sites for hydroxylation is 1. The summed E-state index contributed by atoms with van der Waals surface area (Å²) in [4.78, 5) is 34.4. The van der Waals surface area contributed by atoms with Crippen LogP contribution >= 0.6 is 11.8 Å². The van der Waals surface area contributed by atoms with E-state index >= 15 is 0 Å². The zero-order chi connectivity index (χ0) is 19.0. The lowest BCUT2D eigenvalue weighted by atomic mass is 10.2. The van der Waals surface area contributed by atoms with Gasteiger partial charge in [-0.1, -0.05) is 36.4 Å². The van der Waals surface area contributed by atoms with Crippen molar-refractivity contribution in [2.24, 2.45) is 0 Å². The molecule has 0 fully saturated rings. The number of hydrogen-bond donors (Lipinski definition) is 1. The smallest absolute Gasteiger partial charge is 0.337 e. The van der Waals surface area contributed by atoms with Gasteiger partial charge in [0.1, 0.15) is 5.52 Å². The number of imidazole rings is 1. The molecule has 0 saturated carbocycles. The number of fused-ring (bicyclic) bond motifs is 1. The molecule has 2 aromatic heterocycles. The molecule has 0 radical (unpaired) electrons. The van der Waals surface area contributed by atoms with Crippen LogP contribution in [0.4, 0.5) is 0 Å². The van der Waals surface area contributed by atoms with Gasteiger partial charge in [-0.25, -0.2) is 14.3 Å². The Kier molecular flexibility index (Phi) is 4.45. The topological polar surface area (TPSA) is 72.7 Å². The van der Waals surface area contributed by atoms with Crippen molar-refractivity contribution >= 4 is 22.9 Å². The molecule has 0 spiro atoms. The number of rotatable bonds is 4. The van der Waals surface area contributed by atoms with E-state index in [2.05, 4.69) is 9.97 Å². The third kappa shape index (κ3) is 2.90. The number of aromatic nitrogens is 4. The van der Waals surface area contributed by atoms with Crippen LogP contribution in [0.3, 0.4) is 0 Å². The first-order valence-corrected chi connectivity index (χ1v) is 9.71. The molecule has 0 amide bonds. The fraction of sp³-hybridized carbons (Fsp3) is 0.150. The van der Waals surface area contributed by atoms with E-state index in [1.807, 2.05) is 61.7 Å². The van der Waals surface area contributed by atoms with Crippen LogP contribution in [0.5, 0.6) is 0 Å². The van der Waals surface area contributed by atoms with Crippen LogP contribution < -0.4 is 11.2 Å². The van der Waals surface area contributed by atoms with E-state index < -0.39 is 5.69 Å². The molecule has 0 aliphatic rings. The highest BCUT2D eigenvalue weighted by Crippen LogP contribution is 2.20. The Balaban J connectivity index is 2.01. The molecule has 0 aliphatic heterocycles. The van der Waals surface area contributed by atoms with E-state index in [1.165, 1.54) is 15.5 Å². The van der Waals surface area contributed by atoms with Gasteiger partial charge < -0.3 is 4.98 Å². The molecule has 7 heteroatoms. The quantitative estimate of drug-likeness (QED) is 0.554. The van der Waals surface area contributed by atoms with Crippen molar-refractivity contribution in [3.63, 3.8) is 0 Å². The van der Waals surface area contributed by atoms with E-state index in [0.29, 0.717) is 16.9 Å². The second-order valence-corrected chi connectivity index (χ2v) is 7.06. The summed E-state index contributed by atoms with van der Waals surface area (Å²) in [5.74, 6) is 0. The minimum Gasteiger partial charge on any atom is -0.339 e. The lowest BCUT2D eigenvalue weighted by Gasteiger charge is -2.14. The van der Waals surface area contributed by atoms with Crippen molar-refractivity contribution in [3.05, 3.63) is 86.8 Å². The number of H-pyrrole nitrogens is 1. The van der Waals surface area contributed by atoms with Gasteiger partial charge in [0.05, 0.1) is 18.6 Å². The zero-order valence-electron chi connectivity index (χ0n) is 15.0. The van der Waals surface area contributed by atoms with Crippen LogP contribution in [-0.4, -0.2) is 25.4 Å². The van der Waals surface area contributed by atoms with Gasteiger partial charge in [0.2, 0.25) is 0 Å². The Morgan fingerprint density at radius 2 is 1.81 bits per heavy atom. The number of aromatic amines is 1. The highest BCUT2D eigenvalue weighted by molar-refractivity contribution is 7.98. The van der Waals surface area contributed by atoms with Crippen molar-refractivity contribution < 1.29 is 0 Å². The van der Waals surface area contributed by atoms with Gasteiger partial charge in [0.25, 0.3) is 5.56 Å². The summed E-state index contributed by atoms with van der Waals surface area (Å²) in [6.07, 6.45) is 3.42. The van der Waals surface area contributed by atoms with Crippen LogP contribution in [-0.2, 0) is 6.54 Å². The van der Waals surface area contributed by atoms with Gasteiger partial charge in [-0.15, -0.1) is 11.8 Å². The molecule has 27 heavy (non-hydrogen) atoms. The molecule has 0 bridgehead atoms. The number of nitrogens with zero attached hydrogens (tertiary/aromatic N) is 3. The molecule has 4 rings (SSSR count). The summed E-state index contributed by atoms with van der Waals surface area (Å²) in [5.41, 5.74) is 2.47. The zero-order valence-corrected chi connectivity index (χ0v) is 15.8. The van der Waals surface area contributed by atoms with Gasteiger partial charge in [-0.3, -0.25) is 9.36 Å². The predicted octanol–water partition coefficient (Wildman–Crippen LogP) is 2.95. The van der Waals surface area contributed by atoms with Crippen LogP contribution in [0.1, 0.15) is 11.1 Å². The number of thioether (sulfide) groups is 1. The fourth-order valence-corrected chi connectivity index (χ4v) is 3.83. The average molecular weight is 378 g/mol. The standard InChI is InChI=1S/C20H18N4O2S/c1-13-7-3-5-9-15(13)24-18-17(21-12-22-18)19(25)23(20(24)26)11-14-8-4-6-10-16(14)27-2/h3-10,12H,11H2,1-2H3,(H,21,22). The van der Waals surface area contributed by atoms with Crippen molar-refractivity contribution in [3.8, 4) is 5.69 Å². The van der Waals surface area contributed by atoms with Gasteiger partial charge >= 0.3 is 5.69 Å². The van der Waals surface area contributed by atoms with Crippen LogP contribution in [0, 0.1) is 6.92 Å². The lowest BCUT2D eigenvalue weighted by Crippen LogP contribution is -2.40. The summed E-state index contributed by atoms with van der Waals surface area (Å²) >= 11 is 1.59. The second-order valence-electron chi connectivity index (χ2n) is 6.21. The minimum absolute atomic E-state index is 0.204. The van der Waals surface area contributed by atoms with Gasteiger partial charge in [0, 0.05) is 4.90 Å². The maximum Gasteiger partial charge on any atom is 0.337 e. The molecule has 0 atom stereocenters. The molecule has 2 heterocycles. The summed E-state index contributed by atoms with van der Waals surface area (Å²) in [7, 11) is 0. The molecule has 4 aromatic rings.